The van der Waals surface area contributed by atoms with Crippen LogP contribution in [0.5, 0.6) is 0 Å². The maximum Gasteiger partial charge on any atom is 0.303 e. The highest BCUT2D eigenvalue weighted by atomic mass is 16.4. The molecule has 5 heteroatoms. The number of carbonyl (C=O) groups is 2. The van der Waals surface area contributed by atoms with E-state index in [9.17, 15) is 9.59 Å². The van der Waals surface area contributed by atoms with Crippen LogP contribution in [0.15, 0.2) is 10.5 Å². The van der Waals surface area contributed by atoms with Crippen LogP contribution in [0.4, 0.5) is 0 Å². The van der Waals surface area contributed by atoms with Crippen molar-refractivity contribution in [3.63, 3.8) is 0 Å². The number of aryl methyl sites for hydroxylation is 2. The van der Waals surface area contributed by atoms with Crippen LogP contribution in [0, 0.1) is 5.92 Å². The zero-order valence-electron chi connectivity index (χ0n) is 11.7. The summed E-state index contributed by atoms with van der Waals surface area (Å²) in [5.41, 5.74) is 1.05. The molecule has 5 nitrogen and oxygen atoms in total. The van der Waals surface area contributed by atoms with E-state index in [1.54, 1.807) is 13.0 Å². The molecule has 0 fully saturated rings. The summed E-state index contributed by atoms with van der Waals surface area (Å²) in [5.74, 6) is -0.108. The fraction of sp³-hybridized carbons (Fsp3) is 0.571. The van der Waals surface area contributed by atoms with Crippen LogP contribution in [-0.4, -0.2) is 23.5 Å². The number of nitrogens with one attached hydrogen (secondary N) is 1. The zero-order chi connectivity index (χ0) is 14.4. The van der Waals surface area contributed by atoms with Crippen molar-refractivity contribution < 1.29 is 19.1 Å². The molecule has 0 aromatic carbocycles. The van der Waals surface area contributed by atoms with Gasteiger partial charge in [-0.15, -0.1) is 0 Å². The smallest absolute Gasteiger partial charge is 0.303 e. The summed E-state index contributed by atoms with van der Waals surface area (Å²) in [6, 6.07) is 1.76. The molecule has 1 heterocycles. The van der Waals surface area contributed by atoms with Gasteiger partial charge >= 0.3 is 5.97 Å². The second-order valence-corrected chi connectivity index (χ2v) is 4.68. The fourth-order valence-corrected chi connectivity index (χ4v) is 1.90. The van der Waals surface area contributed by atoms with Crippen molar-refractivity contribution in [2.24, 2.45) is 5.92 Å². The number of rotatable bonds is 7. The summed E-state index contributed by atoms with van der Waals surface area (Å²) in [5, 5.41) is 11.3. The first-order valence-corrected chi connectivity index (χ1v) is 6.59. The number of hydrogen-bond donors (Lipinski definition) is 2. The van der Waals surface area contributed by atoms with Gasteiger partial charge in [-0.25, -0.2) is 0 Å². The van der Waals surface area contributed by atoms with Crippen LogP contribution >= 0.6 is 0 Å². The van der Waals surface area contributed by atoms with E-state index in [-0.39, 0.29) is 18.2 Å². The van der Waals surface area contributed by atoms with Gasteiger partial charge in [0.05, 0.1) is 0 Å². The number of aliphatic carboxylic acids is 1. The molecule has 1 amide bonds. The van der Waals surface area contributed by atoms with Crippen molar-refractivity contribution >= 4 is 11.9 Å². The third-order valence-corrected chi connectivity index (χ3v) is 2.96. The van der Waals surface area contributed by atoms with Gasteiger partial charge in [0.25, 0.3) is 5.91 Å². The van der Waals surface area contributed by atoms with Crippen molar-refractivity contribution in [3.8, 4) is 0 Å². The quantitative estimate of drug-likeness (QED) is 0.794. The SMILES string of the molecule is CCc1cc(C(=O)NCC(C)CC(=O)O)oc1CC. The average Bonchev–Trinajstić information content (AvgIpc) is 2.78. The Kier molecular flexibility index (Phi) is 5.60. The summed E-state index contributed by atoms with van der Waals surface area (Å²) >= 11 is 0. The number of amides is 1. The first kappa shape index (κ1) is 15.3. The van der Waals surface area contributed by atoms with Crippen LogP contribution in [0.2, 0.25) is 0 Å². The Hall–Kier alpha value is -1.78. The Morgan fingerprint density at radius 3 is 2.53 bits per heavy atom. The maximum absolute atomic E-state index is 11.9. The minimum absolute atomic E-state index is 0.0405. The topological polar surface area (TPSA) is 79.5 Å². The molecule has 0 radical (unpaired) electrons. The molecule has 0 spiro atoms. The molecule has 0 bridgehead atoms. The Morgan fingerprint density at radius 2 is 2.05 bits per heavy atom. The first-order chi connectivity index (χ1) is 8.97. The molecule has 1 aromatic rings. The molecule has 0 saturated carbocycles. The van der Waals surface area contributed by atoms with E-state index in [1.807, 2.05) is 13.8 Å². The fourth-order valence-electron chi connectivity index (χ4n) is 1.90. The van der Waals surface area contributed by atoms with Crippen LogP contribution < -0.4 is 5.32 Å². The van der Waals surface area contributed by atoms with Gasteiger partial charge in [-0.05, 0) is 24.0 Å². The Bertz CT molecular complexity index is 429. The lowest BCUT2D eigenvalue weighted by atomic mass is 10.1. The summed E-state index contributed by atoms with van der Waals surface area (Å²) in [6.07, 6.45) is 1.63. The maximum atomic E-state index is 11.9. The van der Waals surface area contributed by atoms with E-state index in [4.69, 9.17) is 9.52 Å². The summed E-state index contributed by atoms with van der Waals surface area (Å²) in [7, 11) is 0. The third-order valence-electron chi connectivity index (χ3n) is 2.96. The second kappa shape index (κ2) is 6.97. The van der Waals surface area contributed by atoms with Crippen LogP contribution in [0.1, 0.15) is 49.1 Å². The lowest BCUT2D eigenvalue weighted by molar-refractivity contribution is -0.137. The number of carbonyl (C=O) groups excluding carboxylic acids is 1. The average molecular weight is 267 g/mol. The molecule has 0 saturated heterocycles. The number of hydrogen-bond acceptors (Lipinski definition) is 3. The lowest BCUT2D eigenvalue weighted by Crippen LogP contribution is -2.28. The standard InChI is InChI=1S/C14H21NO4/c1-4-10-7-12(19-11(10)5-2)14(18)15-8-9(3)6-13(16)17/h7,9H,4-6,8H2,1-3H3,(H,15,18)(H,16,17). The van der Waals surface area contributed by atoms with E-state index < -0.39 is 5.97 Å². The predicted octanol–water partition coefficient (Wildman–Crippen LogP) is 2.25. The normalized spacial score (nSPS) is 12.2. The van der Waals surface area contributed by atoms with E-state index >= 15 is 0 Å². The van der Waals surface area contributed by atoms with Gasteiger partial charge in [0, 0.05) is 19.4 Å². The minimum atomic E-state index is -0.860. The van der Waals surface area contributed by atoms with Gasteiger partial charge in [0.1, 0.15) is 5.76 Å². The van der Waals surface area contributed by atoms with Crippen LogP contribution in [0.3, 0.4) is 0 Å². The van der Waals surface area contributed by atoms with Crippen molar-refractivity contribution in [1.82, 2.24) is 5.32 Å². The van der Waals surface area contributed by atoms with Crippen molar-refractivity contribution in [3.05, 3.63) is 23.2 Å². The van der Waals surface area contributed by atoms with Gasteiger partial charge in [-0.2, -0.15) is 0 Å². The third kappa shape index (κ3) is 4.43. The molecule has 0 aliphatic rings. The van der Waals surface area contributed by atoms with E-state index in [0.717, 1.165) is 24.2 Å². The first-order valence-electron chi connectivity index (χ1n) is 6.59. The van der Waals surface area contributed by atoms with Crippen molar-refractivity contribution in [2.75, 3.05) is 6.54 Å². The number of carboxylic acids is 1. The molecule has 19 heavy (non-hydrogen) atoms. The molecular formula is C14H21NO4. The predicted molar refractivity (Wildman–Crippen MR) is 71.2 cm³/mol. The minimum Gasteiger partial charge on any atom is -0.481 e. The van der Waals surface area contributed by atoms with Crippen LogP contribution in [-0.2, 0) is 17.6 Å². The van der Waals surface area contributed by atoms with Gasteiger partial charge in [0.15, 0.2) is 5.76 Å². The van der Waals surface area contributed by atoms with E-state index in [1.165, 1.54) is 0 Å². The molecular weight excluding hydrogens is 246 g/mol. The molecule has 1 unspecified atom stereocenters. The number of carboxylic acid groups (broad SMARTS) is 1. The van der Waals surface area contributed by atoms with Crippen molar-refractivity contribution in [1.29, 1.82) is 0 Å². The zero-order valence-corrected chi connectivity index (χ0v) is 11.7. The van der Waals surface area contributed by atoms with Gasteiger partial charge in [-0.3, -0.25) is 9.59 Å². The monoisotopic (exact) mass is 267 g/mol. The van der Waals surface area contributed by atoms with Gasteiger partial charge in [0.2, 0.25) is 0 Å². The highest BCUT2D eigenvalue weighted by Gasteiger charge is 2.16. The molecule has 0 aliphatic carbocycles. The Morgan fingerprint density at radius 1 is 1.37 bits per heavy atom. The number of furan rings is 1. The lowest BCUT2D eigenvalue weighted by Gasteiger charge is -2.08. The summed E-state index contributed by atoms with van der Waals surface area (Å²) in [6.45, 7) is 6.11. The Balaban J connectivity index is 2.58. The highest BCUT2D eigenvalue weighted by Crippen LogP contribution is 2.17. The molecule has 1 aromatic heterocycles. The summed E-state index contributed by atoms with van der Waals surface area (Å²) in [4.78, 5) is 22.4. The molecule has 106 valence electrons. The van der Waals surface area contributed by atoms with Gasteiger partial charge in [-0.1, -0.05) is 20.8 Å². The Labute approximate surface area is 113 Å². The summed E-state index contributed by atoms with van der Waals surface area (Å²) < 4.78 is 5.50. The van der Waals surface area contributed by atoms with Crippen LogP contribution in [0.25, 0.3) is 0 Å². The molecule has 1 rings (SSSR count). The second-order valence-electron chi connectivity index (χ2n) is 4.68. The van der Waals surface area contributed by atoms with E-state index in [0.29, 0.717) is 12.3 Å². The highest BCUT2D eigenvalue weighted by molar-refractivity contribution is 5.91. The van der Waals surface area contributed by atoms with Gasteiger partial charge < -0.3 is 14.8 Å². The van der Waals surface area contributed by atoms with Crippen molar-refractivity contribution in [2.45, 2.75) is 40.0 Å². The molecule has 1 atom stereocenters. The molecule has 0 aliphatic heterocycles. The molecule has 2 N–H and O–H groups in total. The largest absolute Gasteiger partial charge is 0.481 e. The van der Waals surface area contributed by atoms with E-state index in [2.05, 4.69) is 5.32 Å².